The van der Waals surface area contributed by atoms with Gasteiger partial charge in [-0.05, 0) is 57.8 Å². The van der Waals surface area contributed by atoms with Crippen LogP contribution in [0.5, 0.6) is 0 Å². The first-order chi connectivity index (χ1) is 43.6. The molecule has 2 unspecified atom stereocenters. The summed E-state index contributed by atoms with van der Waals surface area (Å²) in [5.74, 6) is -2.25. The summed E-state index contributed by atoms with van der Waals surface area (Å²) < 4.78 is 22.9. The van der Waals surface area contributed by atoms with Gasteiger partial charge in [0, 0.05) is 12.8 Å². The lowest BCUT2D eigenvalue weighted by Gasteiger charge is -2.26. The van der Waals surface area contributed by atoms with E-state index < -0.39 is 24.3 Å². The van der Waals surface area contributed by atoms with Gasteiger partial charge < -0.3 is 33.3 Å². The third-order valence-electron chi connectivity index (χ3n) is 17.3. The molecule has 9 heteroatoms. The molecule has 0 amide bonds. The lowest BCUT2D eigenvalue weighted by atomic mass is 10.0. The molecule has 520 valence electrons. The first-order valence-electron chi connectivity index (χ1n) is 38.4. The highest BCUT2D eigenvalue weighted by Gasteiger charge is 2.22. The molecule has 0 radical (unpaired) electrons. The van der Waals surface area contributed by atoms with Gasteiger partial charge in [0.2, 0.25) is 0 Å². The van der Waals surface area contributed by atoms with Gasteiger partial charge in [-0.1, -0.05) is 364 Å². The normalized spacial score (nSPS) is 13.0. The Labute approximate surface area is 552 Å². The smallest absolute Gasteiger partial charge is 0.306 e. The quantitative estimate of drug-likeness (QED) is 0.0195. The molecular weight excluding hydrogens is 1100 g/mol. The molecule has 89 heavy (non-hydrogen) atoms. The van der Waals surface area contributed by atoms with Crippen LogP contribution in [0.25, 0.3) is 0 Å². The molecule has 0 spiro atoms. The molecule has 0 fully saturated rings. The van der Waals surface area contributed by atoms with Crippen molar-refractivity contribution in [3.8, 4) is 0 Å². The Balaban J connectivity index is 3.95. The van der Waals surface area contributed by atoms with E-state index in [1.54, 1.807) is 0 Å². The van der Waals surface area contributed by atoms with Gasteiger partial charge in [0.25, 0.3) is 0 Å². The van der Waals surface area contributed by atoms with Crippen molar-refractivity contribution >= 4 is 17.9 Å². The van der Waals surface area contributed by atoms with Crippen LogP contribution in [0, 0.1) is 0 Å². The van der Waals surface area contributed by atoms with Crippen LogP contribution in [-0.2, 0) is 33.3 Å². The Morgan fingerprint density at radius 3 is 0.955 bits per heavy atom. The first-order valence-corrected chi connectivity index (χ1v) is 38.4. The van der Waals surface area contributed by atoms with Crippen LogP contribution in [0.3, 0.4) is 0 Å². The largest absolute Gasteiger partial charge is 0.545 e. The molecule has 0 rings (SSSR count). The molecule has 0 saturated heterocycles. The van der Waals surface area contributed by atoms with Crippen molar-refractivity contribution in [2.75, 3.05) is 47.5 Å². The summed E-state index contributed by atoms with van der Waals surface area (Å²) in [5.41, 5.74) is 0. The molecule has 0 N–H and O–H groups in total. The van der Waals surface area contributed by atoms with E-state index in [-0.39, 0.29) is 32.2 Å². The Kier molecular flexibility index (Phi) is 68.5. The van der Waals surface area contributed by atoms with E-state index in [2.05, 4.69) is 74.6 Å². The van der Waals surface area contributed by atoms with Gasteiger partial charge in [0.15, 0.2) is 12.4 Å². The van der Waals surface area contributed by atoms with Crippen molar-refractivity contribution in [1.82, 2.24) is 0 Å². The van der Waals surface area contributed by atoms with Crippen LogP contribution in [0.1, 0.15) is 373 Å². The minimum atomic E-state index is -1.62. The zero-order chi connectivity index (χ0) is 64.7. The molecule has 0 bridgehead atoms. The van der Waals surface area contributed by atoms with Gasteiger partial charge in [0.05, 0.1) is 40.3 Å². The first kappa shape index (κ1) is 86.0. The van der Waals surface area contributed by atoms with Crippen molar-refractivity contribution < 1.29 is 42.9 Å². The summed E-state index contributed by atoms with van der Waals surface area (Å²) in [6.07, 6.45) is 90.5. The fourth-order valence-electron chi connectivity index (χ4n) is 11.5. The number of carboxylic acids is 1. The van der Waals surface area contributed by atoms with Gasteiger partial charge in [-0.25, -0.2) is 0 Å². The Morgan fingerprint density at radius 2 is 0.640 bits per heavy atom. The topological polar surface area (TPSA) is 111 Å². The summed E-state index contributed by atoms with van der Waals surface area (Å²) in [7, 11) is 5.95. The van der Waals surface area contributed by atoms with Gasteiger partial charge in [-0.15, -0.1) is 0 Å². The summed E-state index contributed by atoms with van der Waals surface area (Å²) in [4.78, 5) is 37.5. The van der Waals surface area contributed by atoms with Crippen molar-refractivity contribution in [2.45, 2.75) is 386 Å². The fraction of sp³-hybridized carbons (Fsp3) is 0.838. The number of carbonyl (C=O) groups excluding carboxylic acids is 3. The number of hydrogen-bond donors (Lipinski definition) is 0. The Hall–Kier alpha value is -3.01. The van der Waals surface area contributed by atoms with Gasteiger partial charge in [-0.3, -0.25) is 9.59 Å². The zero-order valence-electron chi connectivity index (χ0n) is 59.6. The highest BCUT2D eigenvalue weighted by Crippen LogP contribution is 2.19. The summed E-state index contributed by atoms with van der Waals surface area (Å²) in [5, 5.41) is 11.8. The number of hydrogen-bond acceptors (Lipinski definition) is 8. The van der Waals surface area contributed by atoms with Crippen molar-refractivity contribution in [2.24, 2.45) is 0 Å². The number of nitrogens with zero attached hydrogens (tertiary/aromatic N) is 1. The van der Waals surface area contributed by atoms with E-state index in [1.165, 1.54) is 276 Å². The molecule has 0 aliphatic carbocycles. The summed E-state index contributed by atoms with van der Waals surface area (Å²) >= 11 is 0. The zero-order valence-corrected chi connectivity index (χ0v) is 59.6. The van der Waals surface area contributed by atoms with Gasteiger partial charge in [0.1, 0.15) is 13.2 Å². The SMILES string of the molecule is CC/C=C\C/C=C\C/C=C\C/C=C\C/C=C\CCCCCCCCCCCCCCCCCCCCCCCCCCCC(=O)OC(COC(=O)CCCCCCCCCCCCCCCCCCCCCCCCC)COC(OCC[N+](C)(C)C)C(=O)[O-]. The second-order valence-corrected chi connectivity index (χ2v) is 27.3. The maximum absolute atomic E-state index is 13.0. The van der Waals surface area contributed by atoms with E-state index in [4.69, 9.17) is 18.9 Å². The maximum Gasteiger partial charge on any atom is 0.306 e. The Morgan fingerprint density at radius 1 is 0.348 bits per heavy atom. The number of allylic oxidation sites excluding steroid dienone is 10. The number of aliphatic carboxylic acids is 1. The van der Waals surface area contributed by atoms with E-state index in [0.29, 0.717) is 17.4 Å². The van der Waals surface area contributed by atoms with Crippen LogP contribution in [0.4, 0.5) is 0 Å². The number of rotatable bonds is 72. The minimum absolute atomic E-state index is 0.151. The molecular formula is C80H147NO8. The van der Waals surface area contributed by atoms with E-state index in [1.807, 2.05) is 21.1 Å². The molecule has 0 aliphatic rings. The summed E-state index contributed by atoms with van der Waals surface area (Å²) in [6.45, 7) is 4.71. The minimum Gasteiger partial charge on any atom is -0.545 e. The molecule has 0 heterocycles. The number of carboxylic acid groups (broad SMARTS) is 1. The number of unbranched alkanes of at least 4 members (excludes halogenated alkanes) is 47. The van der Waals surface area contributed by atoms with Crippen molar-refractivity contribution in [1.29, 1.82) is 0 Å². The predicted molar refractivity (Wildman–Crippen MR) is 380 cm³/mol. The molecule has 0 aliphatic heterocycles. The average Bonchev–Trinajstić information content (AvgIpc) is 3.64. The second-order valence-electron chi connectivity index (χ2n) is 27.3. The van der Waals surface area contributed by atoms with Crippen LogP contribution in [0.15, 0.2) is 60.8 Å². The number of ether oxygens (including phenoxy) is 4. The molecule has 0 aromatic rings. The van der Waals surface area contributed by atoms with Crippen LogP contribution >= 0.6 is 0 Å². The number of esters is 2. The molecule has 0 saturated carbocycles. The van der Waals surface area contributed by atoms with Crippen LogP contribution in [-0.4, -0.2) is 82.3 Å². The second kappa shape index (κ2) is 70.9. The Bertz CT molecular complexity index is 1650. The number of carbonyl (C=O) groups is 3. The lowest BCUT2D eigenvalue weighted by Crippen LogP contribution is -2.44. The summed E-state index contributed by atoms with van der Waals surface area (Å²) in [6, 6.07) is 0. The third kappa shape index (κ3) is 72.3. The van der Waals surface area contributed by atoms with Gasteiger partial charge >= 0.3 is 11.9 Å². The van der Waals surface area contributed by atoms with Crippen LogP contribution < -0.4 is 5.11 Å². The van der Waals surface area contributed by atoms with E-state index in [0.717, 1.165) is 70.6 Å². The third-order valence-corrected chi connectivity index (χ3v) is 17.3. The molecule has 0 aromatic carbocycles. The number of quaternary nitrogens is 1. The monoisotopic (exact) mass is 1250 g/mol. The van der Waals surface area contributed by atoms with E-state index >= 15 is 0 Å². The van der Waals surface area contributed by atoms with E-state index in [9.17, 15) is 19.5 Å². The van der Waals surface area contributed by atoms with Crippen molar-refractivity contribution in [3.05, 3.63) is 60.8 Å². The fourth-order valence-corrected chi connectivity index (χ4v) is 11.5. The molecule has 9 nitrogen and oxygen atoms in total. The average molecular weight is 1250 g/mol. The molecule has 0 aromatic heterocycles. The van der Waals surface area contributed by atoms with Crippen LogP contribution in [0.2, 0.25) is 0 Å². The maximum atomic E-state index is 13.0. The van der Waals surface area contributed by atoms with Gasteiger partial charge in [-0.2, -0.15) is 0 Å². The number of likely N-dealkylation sites (N-methyl/N-ethyl adjacent to an activating group) is 1. The lowest BCUT2D eigenvalue weighted by molar-refractivity contribution is -0.870. The van der Waals surface area contributed by atoms with Crippen molar-refractivity contribution in [3.63, 3.8) is 0 Å². The molecule has 2 atom stereocenters. The highest BCUT2D eigenvalue weighted by atomic mass is 16.7. The predicted octanol–water partition coefficient (Wildman–Crippen LogP) is 22.9. The standard InChI is InChI=1S/C80H147NO8/c1-6-8-10-12-14-16-18-20-22-24-26-28-30-31-32-33-34-35-36-37-38-39-40-41-42-43-44-45-46-47-49-51-53-55-57-59-61-63-65-67-69-71-78(83)89-76(75-88-80(79(84)85)86-73-72-81(3,4)5)74-87-77(82)70-68-66-64-62-60-58-56-54-52-50-48-29-27-25-23-21-19-17-15-13-11-9-7-2/h8,10,14,16,20,22,26,28,31-32,76,80H,6-7,9,11-13,15,17-19,21,23-25,27,29-30,33-75H2,1-5H3/b10-8-,16-14-,22-20-,28-26-,32-31-. The highest BCUT2D eigenvalue weighted by molar-refractivity contribution is 5.70.